The number of rotatable bonds is 11. The highest BCUT2D eigenvalue weighted by Gasteiger charge is 2.57. The molecule has 1 heterocycles. The monoisotopic (exact) mass is 650 g/mol. The first kappa shape index (κ1) is 35.0. The normalized spacial score (nSPS) is 28.5. The molecule has 1 saturated carbocycles. The van der Waals surface area contributed by atoms with Crippen molar-refractivity contribution in [1.82, 2.24) is 4.90 Å². The number of ether oxygens (including phenoxy) is 4. The van der Waals surface area contributed by atoms with Gasteiger partial charge < -0.3 is 34.7 Å². The summed E-state index contributed by atoms with van der Waals surface area (Å²) < 4.78 is 22.9. The fourth-order valence-electron chi connectivity index (χ4n) is 6.18. The quantitative estimate of drug-likeness (QED) is 0.118. The van der Waals surface area contributed by atoms with E-state index in [0.29, 0.717) is 12.8 Å². The molecule has 0 radical (unpaired) electrons. The minimum Gasteiger partial charge on any atom is -0.462 e. The van der Waals surface area contributed by atoms with Crippen LogP contribution in [0.4, 0.5) is 4.79 Å². The van der Waals surface area contributed by atoms with E-state index in [-0.39, 0.29) is 19.7 Å². The topological polar surface area (TPSA) is 235 Å². The van der Waals surface area contributed by atoms with Crippen molar-refractivity contribution in [3.8, 4) is 0 Å². The first-order valence-electron chi connectivity index (χ1n) is 15.1. The van der Waals surface area contributed by atoms with Crippen LogP contribution in [-0.2, 0) is 41.7 Å². The third-order valence-electron chi connectivity index (χ3n) is 8.19. The van der Waals surface area contributed by atoms with Crippen LogP contribution in [0.15, 0.2) is 70.9 Å². The molecule has 47 heavy (non-hydrogen) atoms. The van der Waals surface area contributed by atoms with Crippen molar-refractivity contribution in [3.63, 3.8) is 0 Å². The van der Waals surface area contributed by atoms with Gasteiger partial charge in [-0.05, 0) is 35.0 Å². The number of amides is 1. The van der Waals surface area contributed by atoms with Gasteiger partial charge in [-0.25, -0.2) is 4.79 Å². The van der Waals surface area contributed by atoms with Gasteiger partial charge in [0, 0.05) is 42.2 Å². The van der Waals surface area contributed by atoms with Gasteiger partial charge >= 0.3 is 18.0 Å². The Hall–Kier alpha value is -4.85. The predicted molar refractivity (Wildman–Crippen MR) is 166 cm³/mol. The summed E-state index contributed by atoms with van der Waals surface area (Å²) in [5, 5.41) is 19.1. The summed E-state index contributed by atoms with van der Waals surface area (Å²) in [5.41, 5.74) is 27.0. The number of hydrogen-bond acceptors (Lipinski definition) is 11. The summed E-state index contributed by atoms with van der Waals surface area (Å²) in [5.74, 6) is -2.76. The van der Waals surface area contributed by atoms with Gasteiger partial charge in [-0.15, -0.1) is 0 Å². The third kappa shape index (κ3) is 9.12. The Balaban J connectivity index is 1.63. The van der Waals surface area contributed by atoms with E-state index in [2.05, 4.69) is 20.1 Å². The van der Waals surface area contributed by atoms with E-state index in [1.165, 1.54) is 4.90 Å². The number of nitrogens with two attached hydrogens (primary N) is 1. The molecule has 1 saturated heterocycles. The van der Waals surface area contributed by atoms with Gasteiger partial charge in [0.15, 0.2) is 0 Å². The summed E-state index contributed by atoms with van der Waals surface area (Å²) in [4.78, 5) is 44.8. The summed E-state index contributed by atoms with van der Waals surface area (Å²) in [6.07, 6.45) is -5.90. The zero-order valence-electron chi connectivity index (χ0n) is 26.0. The largest absolute Gasteiger partial charge is 0.462 e. The fraction of sp³-hybridized carbons (Fsp3) is 0.516. The molecule has 1 aliphatic carbocycles. The lowest BCUT2D eigenvalue weighted by atomic mass is 9.70. The van der Waals surface area contributed by atoms with Crippen molar-refractivity contribution < 1.29 is 38.4 Å². The highest BCUT2D eigenvalue weighted by molar-refractivity contribution is 5.68. The maximum atomic E-state index is 13.4. The molecular formula is C31H38N8O8. The first-order chi connectivity index (χ1) is 22.6. The molecule has 2 fully saturated rings. The average Bonchev–Trinajstić information content (AvgIpc) is 3.05. The van der Waals surface area contributed by atoms with Gasteiger partial charge in [0.2, 0.25) is 0 Å². The van der Waals surface area contributed by atoms with Crippen molar-refractivity contribution in [3.05, 3.63) is 92.7 Å². The van der Waals surface area contributed by atoms with Crippen LogP contribution in [0.2, 0.25) is 0 Å². The molecule has 16 heteroatoms. The van der Waals surface area contributed by atoms with E-state index in [4.69, 9.17) is 24.7 Å². The molecule has 0 bridgehead atoms. The Labute approximate surface area is 271 Å². The smallest absolute Gasteiger partial charge is 0.410 e. The van der Waals surface area contributed by atoms with Crippen LogP contribution in [-0.4, -0.2) is 83.2 Å². The van der Waals surface area contributed by atoms with Crippen LogP contribution < -0.4 is 5.73 Å². The lowest BCUT2D eigenvalue weighted by Crippen LogP contribution is -2.67. The van der Waals surface area contributed by atoms with E-state index in [9.17, 15) is 30.6 Å². The third-order valence-corrected chi connectivity index (χ3v) is 8.19. The van der Waals surface area contributed by atoms with Gasteiger partial charge in [0.25, 0.3) is 0 Å². The Bertz CT molecular complexity index is 1470. The van der Waals surface area contributed by atoms with Gasteiger partial charge in [0.05, 0.1) is 30.9 Å². The van der Waals surface area contributed by atoms with Crippen LogP contribution >= 0.6 is 0 Å². The van der Waals surface area contributed by atoms with E-state index < -0.39 is 72.6 Å². The molecule has 3 N–H and O–H groups in total. The average molecular weight is 651 g/mol. The Morgan fingerprint density at radius 2 is 1.49 bits per heavy atom. The van der Waals surface area contributed by atoms with Crippen LogP contribution in [0, 0.1) is 5.92 Å². The number of benzene rings is 2. The zero-order valence-corrected chi connectivity index (χ0v) is 26.0. The second-order valence-electron chi connectivity index (χ2n) is 11.5. The van der Waals surface area contributed by atoms with Crippen LogP contribution in [0.1, 0.15) is 37.8 Å². The molecule has 1 aliphatic heterocycles. The second kappa shape index (κ2) is 16.6. The van der Waals surface area contributed by atoms with Crippen molar-refractivity contribution >= 4 is 18.0 Å². The number of carbonyl (C=O) groups is 3. The predicted octanol–water partition coefficient (Wildman–Crippen LogP) is 3.91. The molecule has 2 aromatic rings. The highest BCUT2D eigenvalue weighted by atomic mass is 16.6. The van der Waals surface area contributed by atoms with Gasteiger partial charge in [0.1, 0.15) is 24.9 Å². The number of nitrogens with zero attached hydrogens (tertiary/aromatic N) is 7. The Morgan fingerprint density at radius 3 is 2.09 bits per heavy atom. The summed E-state index contributed by atoms with van der Waals surface area (Å²) in [6.45, 7) is 2.58. The first-order valence-corrected chi connectivity index (χ1v) is 15.1. The standard InChI is InChI=1S/C31H38N8O8/c1-18(40)45-29-25(35-37-33)24(27(42)30(46-19(2)41)26(29)36-38-34)28-23(32)14-13-22(47-28)16-39(15-20-9-5-3-6-10-20)31(43)44-17-21-11-7-4-8-12-21/h3-12,22-30,42H,13-17,32H2,1-2H3/t22-,23+,24?,25?,26?,27-,28-,29-,30-/m0/s1. The maximum Gasteiger partial charge on any atom is 0.410 e. The van der Waals surface area contributed by atoms with Crippen molar-refractivity contribution in [2.75, 3.05) is 6.54 Å². The van der Waals surface area contributed by atoms with E-state index in [1.54, 1.807) is 0 Å². The molecule has 2 aliphatic rings. The number of aliphatic hydroxyl groups excluding tert-OH is 1. The molecule has 4 rings (SSSR count). The summed E-state index contributed by atoms with van der Waals surface area (Å²) >= 11 is 0. The summed E-state index contributed by atoms with van der Waals surface area (Å²) in [6, 6.07) is 15.1. The Morgan fingerprint density at radius 1 is 0.915 bits per heavy atom. The maximum absolute atomic E-state index is 13.4. The number of hydrogen-bond donors (Lipinski definition) is 2. The lowest BCUT2D eigenvalue weighted by Gasteiger charge is -2.50. The van der Waals surface area contributed by atoms with E-state index in [1.807, 2.05) is 60.7 Å². The minimum absolute atomic E-state index is 0.0630. The molecule has 16 nitrogen and oxygen atoms in total. The molecule has 2 aromatic carbocycles. The van der Waals surface area contributed by atoms with E-state index in [0.717, 1.165) is 25.0 Å². The van der Waals surface area contributed by atoms with Crippen LogP contribution in [0.3, 0.4) is 0 Å². The number of carbonyl (C=O) groups excluding carboxylic acids is 3. The van der Waals surface area contributed by atoms with Crippen molar-refractivity contribution in [2.24, 2.45) is 21.9 Å². The lowest BCUT2D eigenvalue weighted by molar-refractivity contribution is -0.199. The molecule has 9 atom stereocenters. The number of aliphatic hydroxyl groups is 1. The van der Waals surface area contributed by atoms with Crippen molar-refractivity contribution in [1.29, 1.82) is 0 Å². The molecule has 0 aromatic heterocycles. The number of azide groups is 2. The SMILES string of the molecule is CC(=O)O[C@H]1C(N=[N+]=[N-])C([C@H]2O[C@H](CN(Cc3ccccc3)C(=O)OCc3ccccc3)CC[C@H]2N)[C@H](O)[C@@H](OC(C)=O)C1N=[N+]=[N-]. The molecule has 250 valence electrons. The van der Waals surface area contributed by atoms with Gasteiger partial charge in [-0.1, -0.05) is 70.9 Å². The van der Waals surface area contributed by atoms with Gasteiger partial charge in [-0.2, -0.15) is 0 Å². The fourth-order valence-corrected chi connectivity index (χ4v) is 6.18. The Kier molecular flexibility index (Phi) is 12.4. The molecular weight excluding hydrogens is 612 g/mol. The van der Waals surface area contributed by atoms with Crippen LogP contribution in [0.25, 0.3) is 20.9 Å². The molecule has 1 amide bonds. The van der Waals surface area contributed by atoms with Crippen LogP contribution in [0.5, 0.6) is 0 Å². The van der Waals surface area contributed by atoms with Crippen molar-refractivity contribution in [2.45, 2.75) is 88.5 Å². The summed E-state index contributed by atoms with van der Waals surface area (Å²) in [7, 11) is 0. The second-order valence-corrected chi connectivity index (χ2v) is 11.5. The molecule has 3 unspecified atom stereocenters. The zero-order chi connectivity index (χ0) is 33.9. The van der Waals surface area contributed by atoms with Gasteiger partial charge in [-0.3, -0.25) is 9.59 Å². The number of esters is 2. The molecule has 0 spiro atoms. The minimum atomic E-state index is -1.61. The highest BCUT2D eigenvalue weighted by Crippen LogP contribution is 2.40. The van der Waals surface area contributed by atoms with E-state index >= 15 is 0 Å².